The van der Waals surface area contributed by atoms with Crippen molar-refractivity contribution in [2.45, 2.75) is 51.5 Å². The molecule has 2 saturated heterocycles. The average Bonchev–Trinajstić information content (AvgIpc) is 2.68. The van der Waals surface area contributed by atoms with Gasteiger partial charge in [0.2, 0.25) is 0 Å². The zero-order chi connectivity index (χ0) is 18.4. The number of rotatable bonds is 5. The molecule has 2 aliphatic rings. The van der Waals surface area contributed by atoms with Crippen LogP contribution in [0.2, 0.25) is 0 Å². The van der Waals surface area contributed by atoms with Crippen molar-refractivity contribution in [3.63, 3.8) is 0 Å². The molecule has 0 amide bonds. The Morgan fingerprint density at radius 1 is 1.15 bits per heavy atom. The standard InChI is InChI=1S/C21H33N3OS/c1-17(2)18-6-8-19(9-7-18)22-21(26)24-11-4-3-5-20(24)10-12-23-13-15-25-16-14-23/h6-9,17,20H,3-5,10-16H2,1-2H3,(H,22,26). The van der Waals surface area contributed by atoms with Crippen LogP contribution in [0.15, 0.2) is 24.3 Å². The van der Waals surface area contributed by atoms with Gasteiger partial charge in [-0.1, -0.05) is 26.0 Å². The number of likely N-dealkylation sites (tertiary alicyclic amines) is 1. The summed E-state index contributed by atoms with van der Waals surface area (Å²) in [6.45, 7) is 10.6. The maximum absolute atomic E-state index is 5.77. The SMILES string of the molecule is CC(C)c1ccc(NC(=S)N2CCCCC2CCN2CCOCC2)cc1. The molecule has 0 saturated carbocycles. The molecule has 2 fully saturated rings. The summed E-state index contributed by atoms with van der Waals surface area (Å²) in [4.78, 5) is 4.95. The van der Waals surface area contributed by atoms with E-state index in [1.165, 1.54) is 31.2 Å². The van der Waals surface area contributed by atoms with Crippen LogP contribution in [0.3, 0.4) is 0 Å². The van der Waals surface area contributed by atoms with Crippen molar-refractivity contribution in [3.05, 3.63) is 29.8 Å². The van der Waals surface area contributed by atoms with Crippen molar-refractivity contribution >= 4 is 23.0 Å². The molecule has 144 valence electrons. The second kappa shape index (κ2) is 9.67. The molecule has 0 bridgehead atoms. The number of ether oxygens (including phenoxy) is 1. The number of benzene rings is 1. The first-order valence-electron chi connectivity index (χ1n) is 10.1. The fourth-order valence-electron chi connectivity index (χ4n) is 3.87. The summed E-state index contributed by atoms with van der Waals surface area (Å²) >= 11 is 5.77. The van der Waals surface area contributed by atoms with Gasteiger partial charge in [0, 0.05) is 37.9 Å². The highest BCUT2D eigenvalue weighted by Gasteiger charge is 2.25. The number of morpholine rings is 1. The third-order valence-corrected chi connectivity index (χ3v) is 5.94. The van der Waals surface area contributed by atoms with Gasteiger partial charge in [-0.3, -0.25) is 4.90 Å². The zero-order valence-electron chi connectivity index (χ0n) is 16.2. The highest BCUT2D eigenvalue weighted by molar-refractivity contribution is 7.80. The molecule has 4 nitrogen and oxygen atoms in total. The minimum atomic E-state index is 0.557. The van der Waals surface area contributed by atoms with E-state index in [-0.39, 0.29) is 0 Å². The first kappa shape index (κ1) is 19.6. The number of piperidine rings is 1. The predicted octanol–water partition coefficient (Wildman–Crippen LogP) is 4.08. The quantitative estimate of drug-likeness (QED) is 0.783. The highest BCUT2D eigenvalue weighted by atomic mass is 32.1. The molecule has 0 aromatic heterocycles. The van der Waals surface area contributed by atoms with Crippen molar-refractivity contribution in [1.82, 2.24) is 9.80 Å². The Morgan fingerprint density at radius 3 is 2.58 bits per heavy atom. The first-order chi connectivity index (χ1) is 12.6. The predicted molar refractivity (Wildman–Crippen MR) is 113 cm³/mol. The molecule has 1 N–H and O–H groups in total. The summed E-state index contributed by atoms with van der Waals surface area (Å²) in [5, 5.41) is 4.35. The Labute approximate surface area is 163 Å². The van der Waals surface area contributed by atoms with Crippen LogP contribution in [0.25, 0.3) is 0 Å². The van der Waals surface area contributed by atoms with E-state index in [9.17, 15) is 0 Å². The number of anilines is 1. The van der Waals surface area contributed by atoms with Gasteiger partial charge < -0.3 is 15.0 Å². The van der Waals surface area contributed by atoms with E-state index in [4.69, 9.17) is 17.0 Å². The maximum atomic E-state index is 5.77. The van der Waals surface area contributed by atoms with Crippen LogP contribution in [-0.4, -0.2) is 60.3 Å². The maximum Gasteiger partial charge on any atom is 0.173 e. The lowest BCUT2D eigenvalue weighted by Crippen LogP contribution is -2.47. The summed E-state index contributed by atoms with van der Waals surface area (Å²) in [5.41, 5.74) is 2.46. The number of nitrogens with one attached hydrogen (secondary N) is 1. The molecule has 26 heavy (non-hydrogen) atoms. The van der Waals surface area contributed by atoms with Gasteiger partial charge in [-0.15, -0.1) is 0 Å². The molecular weight excluding hydrogens is 342 g/mol. The van der Waals surface area contributed by atoms with E-state index in [1.807, 2.05) is 0 Å². The normalized spacial score (nSPS) is 21.8. The molecule has 2 heterocycles. The van der Waals surface area contributed by atoms with E-state index in [2.05, 4.69) is 53.2 Å². The van der Waals surface area contributed by atoms with Crippen LogP contribution in [0.5, 0.6) is 0 Å². The minimum absolute atomic E-state index is 0.557. The molecule has 0 spiro atoms. The summed E-state index contributed by atoms with van der Waals surface area (Å²) in [6, 6.07) is 9.24. The van der Waals surface area contributed by atoms with Crippen molar-refractivity contribution in [3.8, 4) is 0 Å². The van der Waals surface area contributed by atoms with Crippen LogP contribution in [0.4, 0.5) is 5.69 Å². The Bertz CT molecular complexity index is 569. The molecule has 5 heteroatoms. The van der Waals surface area contributed by atoms with E-state index in [1.54, 1.807) is 0 Å². The number of hydrogen-bond acceptors (Lipinski definition) is 3. The van der Waals surface area contributed by atoms with E-state index < -0.39 is 0 Å². The lowest BCUT2D eigenvalue weighted by molar-refractivity contribution is 0.0338. The van der Waals surface area contributed by atoms with Crippen LogP contribution in [0.1, 0.15) is 51.0 Å². The molecule has 1 unspecified atom stereocenters. The van der Waals surface area contributed by atoms with E-state index >= 15 is 0 Å². The largest absolute Gasteiger partial charge is 0.379 e. The summed E-state index contributed by atoms with van der Waals surface area (Å²) in [7, 11) is 0. The number of thiocarbonyl (C=S) groups is 1. The minimum Gasteiger partial charge on any atom is -0.379 e. The van der Waals surface area contributed by atoms with Crippen LogP contribution in [0, 0.1) is 0 Å². The number of nitrogens with zero attached hydrogens (tertiary/aromatic N) is 2. The van der Waals surface area contributed by atoms with E-state index in [0.717, 1.165) is 50.2 Å². The monoisotopic (exact) mass is 375 g/mol. The topological polar surface area (TPSA) is 27.7 Å². The van der Waals surface area contributed by atoms with Crippen LogP contribution >= 0.6 is 12.2 Å². The molecule has 2 aliphatic heterocycles. The smallest absolute Gasteiger partial charge is 0.173 e. The average molecular weight is 376 g/mol. The molecular formula is C21H33N3OS. The second-order valence-corrected chi connectivity index (χ2v) is 8.18. The highest BCUT2D eigenvalue weighted by Crippen LogP contribution is 2.23. The van der Waals surface area contributed by atoms with Gasteiger partial charge in [0.1, 0.15) is 0 Å². The zero-order valence-corrected chi connectivity index (χ0v) is 17.1. The van der Waals surface area contributed by atoms with Crippen LogP contribution < -0.4 is 5.32 Å². The van der Waals surface area contributed by atoms with Crippen molar-refractivity contribution in [2.24, 2.45) is 0 Å². The summed E-state index contributed by atoms with van der Waals surface area (Å²) in [6.07, 6.45) is 4.99. The third kappa shape index (κ3) is 5.41. The van der Waals surface area contributed by atoms with Gasteiger partial charge in [-0.2, -0.15) is 0 Å². The van der Waals surface area contributed by atoms with Crippen molar-refractivity contribution in [2.75, 3.05) is 44.7 Å². The van der Waals surface area contributed by atoms with Gasteiger partial charge in [0.05, 0.1) is 13.2 Å². The van der Waals surface area contributed by atoms with Crippen molar-refractivity contribution in [1.29, 1.82) is 0 Å². The second-order valence-electron chi connectivity index (χ2n) is 7.79. The number of hydrogen-bond donors (Lipinski definition) is 1. The van der Waals surface area contributed by atoms with Gasteiger partial charge in [0.15, 0.2) is 5.11 Å². The Morgan fingerprint density at radius 2 is 1.88 bits per heavy atom. The molecule has 0 aliphatic carbocycles. The van der Waals surface area contributed by atoms with Gasteiger partial charge >= 0.3 is 0 Å². The molecule has 1 atom stereocenters. The van der Waals surface area contributed by atoms with Crippen LogP contribution in [-0.2, 0) is 4.74 Å². The molecule has 3 rings (SSSR count). The Balaban J connectivity index is 1.54. The summed E-state index contributed by atoms with van der Waals surface area (Å²) < 4.78 is 5.46. The third-order valence-electron chi connectivity index (χ3n) is 5.60. The Hall–Kier alpha value is -1.17. The van der Waals surface area contributed by atoms with Gasteiger partial charge in [0.25, 0.3) is 0 Å². The molecule has 1 aromatic carbocycles. The lowest BCUT2D eigenvalue weighted by atomic mass is 9.99. The first-order valence-corrected chi connectivity index (χ1v) is 10.5. The van der Waals surface area contributed by atoms with Crippen molar-refractivity contribution < 1.29 is 4.74 Å². The fourth-order valence-corrected chi connectivity index (χ4v) is 4.23. The Kier molecular flexibility index (Phi) is 7.29. The van der Waals surface area contributed by atoms with Gasteiger partial charge in [-0.05, 0) is 61.5 Å². The molecule has 0 radical (unpaired) electrons. The van der Waals surface area contributed by atoms with E-state index in [0.29, 0.717) is 12.0 Å². The van der Waals surface area contributed by atoms with Gasteiger partial charge in [-0.25, -0.2) is 0 Å². The molecule has 1 aromatic rings. The summed E-state index contributed by atoms with van der Waals surface area (Å²) in [5.74, 6) is 0.558. The fraction of sp³-hybridized carbons (Fsp3) is 0.667. The lowest BCUT2D eigenvalue weighted by Gasteiger charge is -2.39.